The lowest BCUT2D eigenvalue weighted by molar-refractivity contribution is 0.141. The van der Waals surface area contributed by atoms with Gasteiger partial charge in [0.1, 0.15) is 11.6 Å². The third-order valence-electron chi connectivity index (χ3n) is 7.11. The highest BCUT2D eigenvalue weighted by Crippen LogP contribution is 2.29. The predicted molar refractivity (Wildman–Crippen MR) is 156 cm³/mol. The van der Waals surface area contributed by atoms with Gasteiger partial charge in [0.25, 0.3) is 0 Å². The monoisotopic (exact) mass is 593 g/mol. The van der Waals surface area contributed by atoms with Crippen LogP contribution in [0.1, 0.15) is 44.1 Å². The molecule has 4 aromatic rings. The summed E-state index contributed by atoms with van der Waals surface area (Å²) in [4.78, 5) is 12.4. The fraction of sp³-hybridized carbons (Fsp3) is 0.310. The average molecular weight is 595 g/mol. The highest BCUT2D eigenvalue weighted by atomic mass is 79.9. The number of anilines is 2. The Morgan fingerprint density at radius 1 is 0.842 bits per heavy atom. The van der Waals surface area contributed by atoms with Crippen molar-refractivity contribution in [3.05, 3.63) is 88.7 Å². The van der Waals surface area contributed by atoms with Crippen molar-refractivity contribution in [2.45, 2.75) is 37.6 Å². The molecule has 38 heavy (non-hydrogen) atoms. The van der Waals surface area contributed by atoms with Crippen LogP contribution in [-0.2, 0) is 10.0 Å². The number of nitrogens with one attached hydrogen (secondary N) is 1. The van der Waals surface area contributed by atoms with E-state index in [0.29, 0.717) is 42.8 Å². The first-order valence-electron chi connectivity index (χ1n) is 12.9. The summed E-state index contributed by atoms with van der Waals surface area (Å²) in [5, 5.41) is 4.46. The van der Waals surface area contributed by atoms with Crippen LogP contribution in [0.25, 0.3) is 10.9 Å². The molecule has 0 bridgehead atoms. The lowest BCUT2D eigenvalue weighted by Gasteiger charge is -2.36. The van der Waals surface area contributed by atoms with E-state index in [1.165, 1.54) is 5.56 Å². The Hall–Kier alpha value is -2.85. The van der Waals surface area contributed by atoms with Gasteiger partial charge in [-0.1, -0.05) is 54.0 Å². The Morgan fingerprint density at radius 2 is 1.50 bits per heavy atom. The van der Waals surface area contributed by atoms with Crippen LogP contribution >= 0.6 is 15.9 Å². The Morgan fingerprint density at radius 3 is 2.16 bits per heavy atom. The first-order chi connectivity index (χ1) is 18.2. The molecule has 2 heterocycles. The minimum Gasteiger partial charge on any atom is -0.340 e. The maximum absolute atomic E-state index is 13.1. The van der Waals surface area contributed by atoms with Gasteiger partial charge in [0.15, 0.2) is 0 Å². The van der Waals surface area contributed by atoms with Crippen LogP contribution in [0.4, 0.5) is 11.5 Å². The Labute approximate surface area is 233 Å². The van der Waals surface area contributed by atoms with E-state index in [9.17, 15) is 8.42 Å². The third kappa shape index (κ3) is 5.61. The van der Waals surface area contributed by atoms with Gasteiger partial charge in [-0.2, -0.15) is 4.31 Å². The largest absolute Gasteiger partial charge is 0.340 e. The van der Waals surface area contributed by atoms with E-state index in [4.69, 9.17) is 9.97 Å². The second-order valence-electron chi connectivity index (χ2n) is 9.92. The number of halogens is 1. The number of hydrogen-bond acceptors (Lipinski definition) is 6. The lowest BCUT2D eigenvalue weighted by Crippen LogP contribution is -2.49. The maximum atomic E-state index is 13.1. The van der Waals surface area contributed by atoms with E-state index in [2.05, 4.69) is 71.2 Å². The van der Waals surface area contributed by atoms with Crippen LogP contribution < -0.4 is 5.32 Å². The number of sulfonamides is 1. The molecule has 0 radical (unpaired) electrons. The van der Waals surface area contributed by atoms with Crippen molar-refractivity contribution in [3.8, 4) is 0 Å². The zero-order chi connectivity index (χ0) is 26.9. The fourth-order valence-electron chi connectivity index (χ4n) is 4.71. The molecular weight excluding hydrogens is 562 g/mol. The van der Waals surface area contributed by atoms with E-state index in [-0.39, 0.29) is 6.04 Å². The van der Waals surface area contributed by atoms with Crippen molar-refractivity contribution in [1.82, 2.24) is 19.2 Å². The van der Waals surface area contributed by atoms with E-state index in [1.807, 2.05) is 24.3 Å². The van der Waals surface area contributed by atoms with Gasteiger partial charge in [-0.3, -0.25) is 4.90 Å². The number of piperazine rings is 1. The Kier molecular flexibility index (Phi) is 7.81. The number of nitrogens with zero attached hydrogens (tertiary/aromatic N) is 4. The number of benzene rings is 3. The van der Waals surface area contributed by atoms with Gasteiger partial charge >= 0.3 is 0 Å². The second kappa shape index (κ2) is 11.1. The van der Waals surface area contributed by atoms with Gasteiger partial charge in [-0.05, 0) is 66.9 Å². The van der Waals surface area contributed by atoms with Crippen LogP contribution in [0.3, 0.4) is 0 Å². The first-order valence-corrected chi connectivity index (χ1v) is 15.1. The summed E-state index contributed by atoms with van der Waals surface area (Å²) in [6.45, 7) is 8.50. The van der Waals surface area contributed by atoms with Crippen molar-refractivity contribution in [3.63, 3.8) is 0 Å². The number of aromatic nitrogens is 2. The van der Waals surface area contributed by atoms with Gasteiger partial charge < -0.3 is 5.32 Å². The second-order valence-corrected chi connectivity index (χ2v) is 12.8. The topological polar surface area (TPSA) is 78.4 Å². The summed E-state index contributed by atoms with van der Waals surface area (Å²) >= 11 is 3.37. The van der Waals surface area contributed by atoms with Gasteiger partial charge in [0.05, 0.1) is 16.5 Å². The van der Waals surface area contributed by atoms with Crippen LogP contribution in [0.5, 0.6) is 0 Å². The molecule has 1 aliphatic heterocycles. The summed E-state index contributed by atoms with van der Waals surface area (Å²) in [6.07, 6.45) is 0. The lowest BCUT2D eigenvalue weighted by atomic mass is 10.0. The standard InChI is InChI=1S/C29H32BrN5O2S/c1-20(2)22-8-12-24(13-9-22)31-29-26-6-4-5-7-27(26)32-28(33-29)21(3)34-16-18-35(19-17-34)38(36,37)25-14-10-23(30)11-15-25/h4-15,20-21H,16-19H2,1-3H3,(H,31,32,33)/t21-/m1/s1. The molecule has 5 rings (SSSR count). The minimum absolute atomic E-state index is 0.0685. The Balaban J connectivity index is 1.35. The molecule has 1 N–H and O–H groups in total. The summed E-state index contributed by atoms with van der Waals surface area (Å²) in [6, 6.07) is 23.2. The van der Waals surface area contributed by atoms with E-state index in [0.717, 1.165) is 26.9 Å². The molecule has 198 valence electrons. The SMILES string of the molecule is CC(C)c1ccc(Nc2nc([C@@H](C)N3CCN(S(=O)(=O)c4ccc(Br)cc4)CC3)nc3ccccc23)cc1. The average Bonchev–Trinajstić information content (AvgIpc) is 2.93. The quantitative estimate of drug-likeness (QED) is 0.270. The summed E-state index contributed by atoms with van der Waals surface area (Å²) in [7, 11) is -3.53. The molecule has 1 fully saturated rings. The molecule has 1 atom stereocenters. The van der Waals surface area contributed by atoms with Gasteiger partial charge in [0, 0.05) is 41.7 Å². The van der Waals surface area contributed by atoms with Crippen LogP contribution in [-0.4, -0.2) is 53.8 Å². The molecule has 0 saturated carbocycles. The van der Waals surface area contributed by atoms with Gasteiger partial charge in [0.2, 0.25) is 10.0 Å². The zero-order valence-corrected chi connectivity index (χ0v) is 24.2. The van der Waals surface area contributed by atoms with Crippen molar-refractivity contribution < 1.29 is 8.42 Å². The van der Waals surface area contributed by atoms with Crippen molar-refractivity contribution in [1.29, 1.82) is 0 Å². The fourth-order valence-corrected chi connectivity index (χ4v) is 6.40. The first kappa shape index (κ1) is 26.7. The molecule has 0 aliphatic carbocycles. The van der Waals surface area contributed by atoms with E-state index in [1.54, 1.807) is 28.6 Å². The maximum Gasteiger partial charge on any atom is 0.243 e. The minimum atomic E-state index is -3.53. The number of rotatable bonds is 7. The summed E-state index contributed by atoms with van der Waals surface area (Å²) in [5.74, 6) is 1.96. The highest BCUT2D eigenvalue weighted by Gasteiger charge is 2.31. The predicted octanol–water partition coefficient (Wildman–Crippen LogP) is 6.33. The molecule has 1 saturated heterocycles. The van der Waals surface area contributed by atoms with Crippen molar-refractivity contribution in [2.24, 2.45) is 0 Å². The van der Waals surface area contributed by atoms with Crippen molar-refractivity contribution >= 4 is 48.4 Å². The van der Waals surface area contributed by atoms with E-state index < -0.39 is 10.0 Å². The zero-order valence-electron chi connectivity index (χ0n) is 21.8. The molecule has 1 aromatic heterocycles. The molecule has 0 amide bonds. The van der Waals surface area contributed by atoms with Gasteiger partial charge in [-0.15, -0.1) is 0 Å². The van der Waals surface area contributed by atoms with Crippen LogP contribution in [0.15, 0.2) is 82.2 Å². The summed E-state index contributed by atoms with van der Waals surface area (Å²) < 4.78 is 28.7. The molecule has 9 heteroatoms. The smallest absolute Gasteiger partial charge is 0.243 e. The third-order valence-corrected chi connectivity index (χ3v) is 9.55. The molecule has 0 spiro atoms. The van der Waals surface area contributed by atoms with Crippen LogP contribution in [0.2, 0.25) is 0 Å². The van der Waals surface area contributed by atoms with Crippen molar-refractivity contribution in [2.75, 3.05) is 31.5 Å². The molecule has 0 unspecified atom stereocenters. The number of fused-ring (bicyclic) bond motifs is 1. The number of hydrogen-bond donors (Lipinski definition) is 1. The Bertz CT molecular complexity index is 1520. The highest BCUT2D eigenvalue weighted by molar-refractivity contribution is 9.10. The number of para-hydroxylation sites is 1. The molecule has 1 aliphatic rings. The van der Waals surface area contributed by atoms with Gasteiger partial charge in [-0.25, -0.2) is 18.4 Å². The summed E-state index contributed by atoms with van der Waals surface area (Å²) in [5.41, 5.74) is 3.14. The molecule has 3 aromatic carbocycles. The molecular formula is C29H32BrN5O2S. The normalized spacial score (nSPS) is 16.1. The molecule has 7 nitrogen and oxygen atoms in total. The van der Waals surface area contributed by atoms with E-state index >= 15 is 0 Å². The van der Waals surface area contributed by atoms with Crippen LogP contribution in [0, 0.1) is 0 Å².